The van der Waals surface area contributed by atoms with Gasteiger partial charge < -0.3 is 4.65 Å². The fourth-order valence-corrected chi connectivity index (χ4v) is 14.2. The van der Waals surface area contributed by atoms with Crippen molar-refractivity contribution in [3.05, 3.63) is 30.3 Å². The minimum Gasteiger partial charge on any atom is -0.359 e. The molecule has 5 radical (unpaired) electrons. The predicted molar refractivity (Wildman–Crippen MR) is 57.5 cm³/mol. The van der Waals surface area contributed by atoms with Gasteiger partial charge in [0.1, 0.15) is 16.5 Å². The summed E-state index contributed by atoms with van der Waals surface area (Å²) in [7, 11) is -2.46. The highest BCUT2D eigenvalue weighted by Crippen LogP contribution is 2.48. The summed E-state index contributed by atoms with van der Waals surface area (Å²) in [6.45, 7) is 9.64. The molecule has 12 heavy (non-hydrogen) atoms. The van der Waals surface area contributed by atoms with Gasteiger partial charge in [0, 0.05) is 0 Å². The van der Waals surface area contributed by atoms with Crippen molar-refractivity contribution in [2.45, 2.75) is 26.2 Å². The second-order valence-corrected chi connectivity index (χ2v) is 13.3. The van der Waals surface area contributed by atoms with Gasteiger partial charge in [0.2, 0.25) is 0 Å². The molecule has 2 fully saturated rings. The van der Waals surface area contributed by atoms with E-state index in [1.165, 1.54) is 0 Å². The van der Waals surface area contributed by atoms with E-state index in [-0.39, 0.29) is 0 Å². The van der Waals surface area contributed by atoms with Crippen molar-refractivity contribution in [2.24, 2.45) is 0 Å². The normalized spacial score (nSPS) is 34.0. The van der Waals surface area contributed by atoms with Crippen LogP contribution in [-0.2, 0) is 0 Å². The molecule has 0 bridgehead atoms. The first kappa shape index (κ1) is 8.97. The molecule has 3 heteroatoms. The molecule has 1 heterocycles. The second-order valence-electron chi connectivity index (χ2n) is 4.73. The molecular formula is C9H16NSi2. The van der Waals surface area contributed by atoms with Gasteiger partial charge in [0.25, 0.3) is 0 Å². The molecule has 1 N–H and O–H groups in total. The van der Waals surface area contributed by atoms with Crippen molar-refractivity contribution in [1.82, 2.24) is 4.65 Å². The Kier molecular flexibility index (Phi) is 1.83. The van der Waals surface area contributed by atoms with E-state index in [9.17, 15) is 0 Å². The van der Waals surface area contributed by atoms with Crippen LogP contribution >= 0.6 is 0 Å². The van der Waals surface area contributed by atoms with Crippen LogP contribution in [0.15, 0.2) is 0 Å². The van der Waals surface area contributed by atoms with Crippen molar-refractivity contribution in [1.29, 1.82) is 0 Å². The van der Waals surface area contributed by atoms with Gasteiger partial charge in [-0.15, -0.1) is 0 Å². The zero-order chi connectivity index (χ0) is 8.98. The lowest BCUT2D eigenvalue weighted by atomic mass is 10.3. The molecule has 1 aliphatic heterocycles. The average molecular weight is 194 g/mol. The SMILES string of the molecule is C[Si]1(C)N[Si](C)(C)[C]2[CH][CH][CH][C]21. The molecular weight excluding hydrogens is 178 g/mol. The van der Waals surface area contributed by atoms with E-state index < -0.39 is 16.5 Å². The van der Waals surface area contributed by atoms with E-state index in [0.29, 0.717) is 0 Å². The summed E-state index contributed by atoms with van der Waals surface area (Å²) in [4.78, 5) is 0. The molecule has 1 aliphatic carbocycles. The molecule has 0 spiro atoms. The molecule has 65 valence electrons. The molecule has 0 aromatic rings. The van der Waals surface area contributed by atoms with Crippen LogP contribution in [0.3, 0.4) is 0 Å². The fraction of sp³-hybridized carbons (Fsp3) is 0.444. The Balaban J connectivity index is 2.29. The van der Waals surface area contributed by atoms with E-state index in [1.54, 1.807) is 11.1 Å². The zero-order valence-electron chi connectivity index (χ0n) is 8.23. The second kappa shape index (κ2) is 2.45. The molecule has 0 aromatic heterocycles. The number of fused-ring (bicyclic) bond motifs is 1. The standard InChI is InChI=1S/C9H16NSi2/c1-11(2)8-6-5-7-9(8)12(3,4)10-11/h5-7,10H,1-4H3. The zero-order valence-corrected chi connectivity index (χ0v) is 10.2. The number of rotatable bonds is 0. The minimum absolute atomic E-state index is 1.23. The smallest absolute Gasteiger partial charge is 0.120 e. The molecule has 2 aliphatic rings. The first-order valence-corrected chi connectivity index (χ1v) is 10.5. The number of hydrogen-bond donors (Lipinski definition) is 1. The first-order chi connectivity index (χ1) is 5.43. The van der Waals surface area contributed by atoms with Gasteiger partial charge in [-0.25, -0.2) is 0 Å². The third kappa shape index (κ3) is 1.14. The van der Waals surface area contributed by atoms with E-state index in [1.807, 2.05) is 0 Å². The van der Waals surface area contributed by atoms with E-state index in [0.717, 1.165) is 0 Å². The first-order valence-electron chi connectivity index (χ1n) is 4.49. The van der Waals surface area contributed by atoms with Gasteiger partial charge in [0.15, 0.2) is 0 Å². The monoisotopic (exact) mass is 194 g/mol. The topological polar surface area (TPSA) is 12.0 Å². The lowest BCUT2D eigenvalue weighted by Crippen LogP contribution is -2.53. The summed E-state index contributed by atoms with van der Waals surface area (Å²) >= 11 is 0. The Bertz CT molecular complexity index is 181. The summed E-state index contributed by atoms with van der Waals surface area (Å²) in [5.41, 5.74) is 3.30. The lowest BCUT2D eigenvalue weighted by molar-refractivity contribution is 1.33. The number of hydrogen-bond acceptors (Lipinski definition) is 1. The Morgan fingerprint density at radius 2 is 1.33 bits per heavy atom. The van der Waals surface area contributed by atoms with E-state index >= 15 is 0 Å². The summed E-state index contributed by atoms with van der Waals surface area (Å²) in [5.74, 6) is 0. The van der Waals surface area contributed by atoms with Gasteiger partial charge in [0.05, 0.1) is 0 Å². The van der Waals surface area contributed by atoms with Gasteiger partial charge in [-0.1, -0.05) is 26.2 Å². The molecule has 0 atom stereocenters. The molecule has 0 aromatic carbocycles. The third-order valence-corrected chi connectivity index (χ3v) is 11.6. The van der Waals surface area contributed by atoms with Crippen LogP contribution in [0.4, 0.5) is 0 Å². The van der Waals surface area contributed by atoms with Gasteiger partial charge in [-0.3, -0.25) is 0 Å². The van der Waals surface area contributed by atoms with Crippen LogP contribution in [-0.4, -0.2) is 16.5 Å². The Labute approximate surface area is 78.1 Å². The van der Waals surface area contributed by atoms with Crippen LogP contribution in [0.5, 0.6) is 0 Å². The summed E-state index contributed by atoms with van der Waals surface area (Å²) in [6.07, 6.45) is 6.85. The third-order valence-electron chi connectivity index (χ3n) is 2.79. The number of nitrogens with one attached hydrogen (secondary N) is 1. The highest BCUT2D eigenvalue weighted by molar-refractivity contribution is 7.03. The Morgan fingerprint density at radius 3 is 1.75 bits per heavy atom. The van der Waals surface area contributed by atoms with Crippen LogP contribution in [0, 0.1) is 30.3 Å². The lowest BCUT2D eigenvalue weighted by Gasteiger charge is -2.25. The Morgan fingerprint density at radius 1 is 0.917 bits per heavy atom. The summed E-state index contributed by atoms with van der Waals surface area (Å²) in [5, 5.41) is 0. The molecule has 0 amide bonds. The largest absolute Gasteiger partial charge is 0.359 e. The highest BCUT2D eigenvalue weighted by atomic mass is 28.4. The summed E-state index contributed by atoms with van der Waals surface area (Å²) < 4.78 is 3.89. The molecule has 1 nitrogen and oxygen atoms in total. The minimum atomic E-state index is -1.23. The van der Waals surface area contributed by atoms with Crippen LogP contribution < -0.4 is 4.65 Å². The van der Waals surface area contributed by atoms with Crippen LogP contribution in [0.2, 0.25) is 26.2 Å². The molecule has 1 saturated carbocycles. The van der Waals surface area contributed by atoms with Gasteiger partial charge in [-0.2, -0.15) is 0 Å². The molecule has 2 rings (SSSR count). The maximum Gasteiger partial charge on any atom is 0.120 e. The molecule has 0 unspecified atom stereocenters. The van der Waals surface area contributed by atoms with Gasteiger partial charge >= 0.3 is 0 Å². The van der Waals surface area contributed by atoms with Crippen molar-refractivity contribution in [2.75, 3.05) is 0 Å². The van der Waals surface area contributed by atoms with Crippen molar-refractivity contribution < 1.29 is 0 Å². The highest BCUT2D eigenvalue weighted by Gasteiger charge is 2.56. The van der Waals surface area contributed by atoms with E-state index in [2.05, 4.69) is 50.1 Å². The van der Waals surface area contributed by atoms with Crippen molar-refractivity contribution >= 4 is 16.5 Å². The van der Waals surface area contributed by atoms with E-state index in [4.69, 9.17) is 0 Å². The van der Waals surface area contributed by atoms with Crippen molar-refractivity contribution in [3.63, 3.8) is 0 Å². The van der Waals surface area contributed by atoms with Crippen LogP contribution in [0.25, 0.3) is 0 Å². The van der Waals surface area contributed by atoms with Crippen molar-refractivity contribution in [3.8, 4) is 0 Å². The summed E-state index contributed by atoms with van der Waals surface area (Å²) in [6, 6.07) is 0. The quantitative estimate of drug-likeness (QED) is 0.580. The average Bonchev–Trinajstić information content (AvgIpc) is 2.34. The maximum atomic E-state index is 3.89. The predicted octanol–water partition coefficient (Wildman–Crippen LogP) is 1.85. The Hall–Kier alpha value is 0.394. The fourth-order valence-electron chi connectivity index (χ4n) is 2.43. The maximum absolute atomic E-state index is 3.89. The van der Waals surface area contributed by atoms with Gasteiger partial charge in [-0.05, 0) is 30.3 Å². The molecule has 1 saturated heterocycles. The van der Waals surface area contributed by atoms with Crippen LogP contribution in [0.1, 0.15) is 0 Å².